The number of pyridine rings is 3. The second-order valence-electron chi connectivity index (χ2n) is 12.9. The van der Waals surface area contributed by atoms with Crippen molar-refractivity contribution in [2.75, 3.05) is 0 Å². The van der Waals surface area contributed by atoms with E-state index >= 15 is 0 Å². The molecule has 0 aliphatic carbocycles. The minimum Gasteiger partial charge on any atom is -0.486 e. The monoisotopic (exact) mass is 849 g/mol. The van der Waals surface area contributed by atoms with Gasteiger partial charge in [-0.25, -0.2) is 4.98 Å². The van der Waals surface area contributed by atoms with Gasteiger partial charge >= 0.3 is 0 Å². The van der Waals surface area contributed by atoms with Crippen molar-refractivity contribution in [1.82, 2.24) is 15.0 Å². The van der Waals surface area contributed by atoms with Gasteiger partial charge in [-0.15, -0.1) is 53.1 Å². The molecule has 0 atom stereocenters. The van der Waals surface area contributed by atoms with Gasteiger partial charge in [0.1, 0.15) is 0 Å². The van der Waals surface area contributed by atoms with Crippen LogP contribution < -0.4 is 5.19 Å². The summed E-state index contributed by atoms with van der Waals surface area (Å²) in [7, 11) is -1.78. The zero-order chi connectivity index (χ0) is 43.3. The maximum Gasteiger partial charge on any atom is 0.216 e. The van der Waals surface area contributed by atoms with Gasteiger partial charge in [0.2, 0.25) is 5.71 Å². The van der Waals surface area contributed by atoms with Crippen LogP contribution in [0.5, 0.6) is 0 Å². The summed E-state index contributed by atoms with van der Waals surface area (Å²) in [5.74, 6) is -0.172. The zero-order valence-electron chi connectivity index (χ0n) is 38.9. The molecule has 0 saturated carbocycles. The number of aromatic nitrogens is 3. The fourth-order valence-corrected chi connectivity index (χ4v) is 6.85. The smallest absolute Gasteiger partial charge is 0.216 e. The Morgan fingerprint density at radius 1 is 0.837 bits per heavy atom. The van der Waals surface area contributed by atoms with Crippen molar-refractivity contribution < 1.29 is 39.6 Å². The molecule has 0 unspecified atom stereocenters. The van der Waals surface area contributed by atoms with Crippen molar-refractivity contribution in [2.24, 2.45) is 5.92 Å². The molecule has 0 saturated heterocycles. The third-order valence-electron chi connectivity index (χ3n) is 7.74. The first-order valence-electron chi connectivity index (χ1n) is 21.2. The molecule has 3 aromatic carbocycles. The Labute approximate surface area is 320 Å². The predicted molar refractivity (Wildman–Crippen MR) is 203 cm³/mol. The maximum atomic E-state index is 8.59. The molecule has 0 fully saturated rings. The summed E-state index contributed by atoms with van der Waals surface area (Å²) < 4.78 is 92.7. The molecule has 4 nitrogen and oxygen atoms in total. The Kier molecular flexibility index (Phi) is 7.41. The third kappa shape index (κ3) is 8.16. The van der Waals surface area contributed by atoms with Gasteiger partial charge in [-0.1, -0.05) is 112 Å². The quantitative estimate of drug-likeness (QED) is 0.124. The molecule has 0 aliphatic rings. The standard InChI is InChI=1S/C24H17N2O.C19H26NSi.Ir/c1-15-12-13-25-21(14-15)18-9-8-16(2)22-19-10-11-20(17-6-4-3-5-7-17)26-24(19)27-23(18)22;1-14(2)11-17-12-18(16-9-7-15(3)8-10-16)20-13-19(17)21(4,5)6;/h3-8,10-14H,1-2H3;7-9,12-14H,11H2,1-6H3;/q2*-1;/i1D3,2D3;3D3,11D2;. The van der Waals surface area contributed by atoms with Gasteiger partial charge in [-0.3, -0.25) is 0 Å². The van der Waals surface area contributed by atoms with E-state index in [1.54, 1.807) is 24.4 Å². The summed E-state index contributed by atoms with van der Waals surface area (Å²) in [5.41, 5.74) is 5.23. The van der Waals surface area contributed by atoms with Crippen LogP contribution in [0.25, 0.3) is 55.8 Å². The summed E-state index contributed by atoms with van der Waals surface area (Å²) in [5, 5.41) is 1.96. The first-order valence-corrected chi connectivity index (χ1v) is 19.2. The topological polar surface area (TPSA) is 51.8 Å². The normalized spacial score (nSPS) is 15.8. The third-order valence-corrected chi connectivity index (χ3v) is 9.76. The van der Waals surface area contributed by atoms with E-state index in [1.807, 2.05) is 56.3 Å². The van der Waals surface area contributed by atoms with E-state index in [1.165, 1.54) is 30.5 Å². The number of hydrogen-bond acceptors (Lipinski definition) is 4. The Balaban J connectivity index is 0.000000231. The van der Waals surface area contributed by atoms with Crippen LogP contribution in [0.4, 0.5) is 0 Å². The van der Waals surface area contributed by atoms with E-state index in [4.69, 9.17) is 19.5 Å². The van der Waals surface area contributed by atoms with Crippen molar-refractivity contribution in [2.45, 2.75) is 60.4 Å². The molecule has 4 aromatic heterocycles. The Morgan fingerprint density at radius 2 is 1.65 bits per heavy atom. The fraction of sp³-hybridized carbons (Fsp3) is 0.233. The van der Waals surface area contributed by atoms with E-state index < -0.39 is 35.0 Å². The van der Waals surface area contributed by atoms with E-state index in [-0.39, 0.29) is 54.0 Å². The SMILES string of the molecule is [2H]C([2H])([2H])c1c[c-]c(-c2cc(C([2H])([2H])C(C)C)c([Si](C)(C)C)cn2)cc1.[2H]C([2H])([2H])c1ccnc(-c2[c-]cc(C([2H])([2H])[2H])c3c2oc2nc(-c4ccccc4)ccc23)c1.[Ir]. The van der Waals surface area contributed by atoms with Gasteiger partial charge in [0.15, 0.2) is 0 Å². The summed E-state index contributed by atoms with van der Waals surface area (Å²) in [4.78, 5) is 13.5. The van der Waals surface area contributed by atoms with Gasteiger partial charge in [0.25, 0.3) is 0 Å². The van der Waals surface area contributed by atoms with Gasteiger partial charge in [-0.2, -0.15) is 0 Å². The molecule has 251 valence electrons. The molecular formula is C43H43IrN3OSi-2. The molecule has 0 bridgehead atoms. The first-order chi connectivity index (χ1) is 27.4. The zero-order valence-corrected chi connectivity index (χ0v) is 31.3. The molecule has 0 aliphatic heterocycles. The van der Waals surface area contributed by atoms with Crippen LogP contribution >= 0.6 is 0 Å². The number of furan rings is 1. The van der Waals surface area contributed by atoms with E-state index in [0.29, 0.717) is 44.5 Å². The average molecular weight is 849 g/mol. The molecule has 7 aromatic rings. The van der Waals surface area contributed by atoms with Crippen molar-refractivity contribution in [3.8, 4) is 33.8 Å². The Bertz CT molecular complexity index is 2620. The molecule has 6 heteroatoms. The summed E-state index contributed by atoms with van der Waals surface area (Å²) >= 11 is 0. The predicted octanol–water partition coefficient (Wildman–Crippen LogP) is 10.7. The summed E-state index contributed by atoms with van der Waals surface area (Å²) in [6.07, 6.45) is 1.73. The van der Waals surface area contributed by atoms with E-state index in [0.717, 1.165) is 10.8 Å². The van der Waals surface area contributed by atoms with Crippen molar-refractivity contribution >= 4 is 35.3 Å². The number of hydrogen-bond donors (Lipinski definition) is 0. The fourth-order valence-electron chi connectivity index (χ4n) is 5.45. The molecule has 4 heterocycles. The van der Waals surface area contributed by atoms with E-state index in [2.05, 4.69) is 46.7 Å². The van der Waals surface area contributed by atoms with Crippen LogP contribution in [-0.4, -0.2) is 23.0 Å². The molecule has 0 N–H and O–H groups in total. The van der Waals surface area contributed by atoms with Gasteiger partial charge < -0.3 is 14.4 Å². The van der Waals surface area contributed by atoms with E-state index in [9.17, 15) is 0 Å². The number of fused-ring (bicyclic) bond motifs is 3. The van der Waals surface area contributed by atoms with Gasteiger partial charge in [-0.05, 0) is 53.9 Å². The average Bonchev–Trinajstić information content (AvgIpc) is 3.55. The van der Waals surface area contributed by atoms with Crippen molar-refractivity contribution in [1.29, 1.82) is 0 Å². The molecule has 0 spiro atoms. The maximum absolute atomic E-state index is 8.59. The van der Waals surface area contributed by atoms with Crippen LogP contribution in [0.1, 0.15) is 51.2 Å². The molecule has 0 amide bonds. The van der Waals surface area contributed by atoms with Crippen LogP contribution in [0.3, 0.4) is 0 Å². The van der Waals surface area contributed by atoms with Crippen LogP contribution in [0, 0.1) is 38.6 Å². The second kappa shape index (κ2) is 15.1. The molecule has 49 heavy (non-hydrogen) atoms. The minimum absolute atomic E-state index is 0. The number of rotatable bonds is 6. The molecular weight excluding hydrogens is 795 g/mol. The Morgan fingerprint density at radius 3 is 2.35 bits per heavy atom. The number of aryl methyl sites for hydroxylation is 3. The minimum atomic E-state index is -2.41. The van der Waals surface area contributed by atoms with Gasteiger partial charge in [0.05, 0.1) is 19.4 Å². The van der Waals surface area contributed by atoms with Crippen molar-refractivity contribution in [3.63, 3.8) is 0 Å². The van der Waals surface area contributed by atoms with Crippen molar-refractivity contribution in [3.05, 3.63) is 132 Å². The number of benzene rings is 3. The summed E-state index contributed by atoms with van der Waals surface area (Å²) in [6.45, 7) is 3.43. The molecule has 1 radical (unpaired) electrons. The largest absolute Gasteiger partial charge is 0.486 e. The first kappa shape index (κ1) is 24.0. The second-order valence-corrected chi connectivity index (χ2v) is 17.9. The number of nitrogens with zero attached hydrogens (tertiary/aromatic N) is 3. The van der Waals surface area contributed by atoms with Crippen LogP contribution in [-0.2, 0) is 26.5 Å². The Hall–Kier alpha value is -4.22. The van der Waals surface area contributed by atoms with Crippen LogP contribution in [0.15, 0.2) is 102 Å². The van der Waals surface area contributed by atoms with Crippen LogP contribution in [0.2, 0.25) is 19.6 Å². The summed E-state index contributed by atoms with van der Waals surface area (Å²) in [6, 6.07) is 29.9. The molecule has 7 rings (SSSR count). The van der Waals surface area contributed by atoms with Gasteiger partial charge in [0, 0.05) is 58.5 Å².